The Bertz CT molecular complexity index is 104. The molecule has 0 spiro atoms. The highest BCUT2D eigenvalue weighted by Crippen LogP contribution is 2.43. The van der Waals surface area contributed by atoms with Gasteiger partial charge in [-0.25, -0.2) is 8.78 Å². The highest BCUT2D eigenvalue weighted by Gasteiger charge is 2.66. The predicted molar refractivity (Wildman–Crippen MR) is 21.2 cm³/mol. The standard InChI is InChI=1S/C3H5F2N3/c1-6-2(4)7-3(5)8(6)7/h2-3H,1H3. The summed E-state index contributed by atoms with van der Waals surface area (Å²) in [5, 5.41) is 3.40. The SMILES string of the molecule is CN1C(F)N2C(F)N12. The van der Waals surface area contributed by atoms with E-state index in [9.17, 15) is 8.78 Å². The van der Waals surface area contributed by atoms with Crippen LogP contribution in [0.2, 0.25) is 0 Å². The van der Waals surface area contributed by atoms with Crippen LogP contribution in [0, 0.1) is 0 Å². The summed E-state index contributed by atoms with van der Waals surface area (Å²) < 4.78 is 24.2. The van der Waals surface area contributed by atoms with Gasteiger partial charge in [-0.15, -0.1) is 10.1 Å². The van der Waals surface area contributed by atoms with Crippen molar-refractivity contribution in [2.75, 3.05) is 7.05 Å². The van der Waals surface area contributed by atoms with Crippen LogP contribution in [-0.2, 0) is 0 Å². The molecule has 0 aromatic rings. The molecule has 2 aliphatic heterocycles. The molecule has 2 saturated heterocycles. The third kappa shape index (κ3) is 0.273. The molecule has 46 valence electrons. The van der Waals surface area contributed by atoms with Crippen molar-refractivity contribution < 1.29 is 8.78 Å². The molecule has 0 N–H and O–H groups in total. The van der Waals surface area contributed by atoms with Crippen LogP contribution in [0.3, 0.4) is 0 Å². The fourth-order valence-corrected chi connectivity index (χ4v) is 0.886. The molecule has 4 unspecified atom stereocenters. The number of hydrogen-bond donors (Lipinski definition) is 0. The number of alkyl halides is 2. The fourth-order valence-electron chi connectivity index (χ4n) is 0.886. The minimum atomic E-state index is -1.23. The monoisotopic (exact) mass is 121 g/mol. The van der Waals surface area contributed by atoms with E-state index in [0.29, 0.717) is 0 Å². The van der Waals surface area contributed by atoms with E-state index in [0.717, 1.165) is 5.01 Å². The van der Waals surface area contributed by atoms with Crippen molar-refractivity contribution in [3.8, 4) is 0 Å². The second-order valence-electron chi connectivity index (χ2n) is 1.90. The Hall–Kier alpha value is -0.260. The zero-order valence-electron chi connectivity index (χ0n) is 4.25. The molecular formula is C3H5F2N3. The van der Waals surface area contributed by atoms with Gasteiger partial charge in [0.2, 0.25) is 6.42 Å². The van der Waals surface area contributed by atoms with Gasteiger partial charge < -0.3 is 0 Å². The van der Waals surface area contributed by atoms with Crippen LogP contribution in [0.25, 0.3) is 0 Å². The van der Waals surface area contributed by atoms with Gasteiger partial charge in [0.1, 0.15) is 0 Å². The van der Waals surface area contributed by atoms with Crippen LogP contribution in [0.4, 0.5) is 8.78 Å². The summed E-state index contributed by atoms with van der Waals surface area (Å²) in [7, 11) is 1.50. The molecule has 0 aliphatic carbocycles. The highest BCUT2D eigenvalue weighted by molar-refractivity contribution is 4.83. The van der Waals surface area contributed by atoms with Gasteiger partial charge in [0, 0.05) is 7.05 Å². The Labute approximate surface area is 45.0 Å². The molecule has 0 aromatic carbocycles. The van der Waals surface area contributed by atoms with Crippen molar-refractivity contribution in [2.45, 2.75) is 12.8 Å². The molecule has 3 nitrogen and oxygen atoms in total. The quantitative estimate of drug-likeness (QED) is 0.327. The Kier molecular flexibility index (Phi) is 0.588. The Morgan fingerprint density at radius 3 is 2.00 bits per heavy atom. The van der Waals surface area contributed by atoms with Crippen molar-refractivity contribution >= 4 is 0 Å². The van der Waals surface area contributed by atoms with Crippen LogP contribution in [0.5, 0.6) is 0 Å². The van der Waals surface area contributed by atoms with Gasteiger partial charge in [0.25, 0.3) is 6.42 Å². The Balaban J connectivity index is 2.08. The lowest BCUT2D eigenvalue weighted by atomic mass is 10.9. The van der Waals surface area contributed by atoms with Gasteiger partial charge in [-0.05, 0) is 0 Å². The number of fused-ring (bicyclic) bond motifs is 1. The summed E-state index contributed by atoms with van der Waals surface area (Å²) in [6.07, 6.45) is -2.43. The summed E-state index contributed by atoms with van der Waals surface area (Å²) in [5.41, 5.74) is 0. The molecule has 0 saturated carbocycles. The summed E-state index contributed by atoms with van der Waals surface area (Å²) in [6.45, 7) is 0. The van der Waals surface area contributed by atoms with Crippen LogP contribution in [0.1, 0.15) is 0 Å². The van der Waals surface area contributed by atoms with Gasteiger partial charge >= 0.3 is 0 Å². The first kappa shape index (κ1) is 4.60. The minimum Gasteiger partial charge on any atom is -0.209 e. The molecule has 2 heterocycles. The zero-order chi connectivity index (χ0) is 5.89. The van der Waals surface area contributed by atoms with Gasteiger partial charge in [-0.1, -0.05) is 0 Å². The fraction of sp³-hybridized carbons (Fsp3) is 1.00. The summed E-state index contributed by atoms with van der Waals surface area (Å²) in [4.78, 5) is 0. The average molecular weight is 121 g/mol. The Morgan fingerprint density at radius 1 is 1.25 bits per heavy atom. The number of rotatable bonds is 0. The van der Waals surface area contributed by atoms with E-state index in [1.165, 1.54) is 17.2 Å². The second-order valence-corrected chi connectivity index (χ2v) is 1.90. The first-order valence-corrected chi connectivity index (χ1v) is 2.32. The number of halogens is 2. The molecule has 5 heteroatoms. The molecule has 4 atom stereocenters. The smallest absolute Gasteiger partial charge is 0.209 e. The van der Waals surface area contributed by atoms with Crippen LogP contribution in [-0.4, -0.2) is 35.0 Å². The normalized spacial score (nSPS) is 61.9. The molecule has 0 amide bonds. The molecular weight excluding hydrogens is 116 g/mol. The molecule has 8 heavy (non-hydrogen) atoms. The lowest BCUT2D eigenvalue weighted by Gasteiger charge is -2.29. The first-order chi connectivity index (χ1) is 3.73. The van der Waals surface area contributed by atoms with Crippen molar-refractivity contribution in [3.63, 3.8) is 0 Å². The van der Waals surface area contributed by atoms with Crippen molar-refractivity contribution in [1.82, 2.24) is 15.1 Å². The van der Waals surface area contributed by atoms with Crippen molar-refractivity contribution in [1.29, 1.82) is 0 Å². The van der Waals surface area contributed by atoms with E-state index in [1.807, 2.05) is 0 Å². The largest absolute Gasteiger partial charge is 0.253 e. The molecule has 2 rings (SSSR count). The van der Waals surface area contributed by atoms with Gasteiger partial charge in [-0.3, -0.25) is 0 Å². The van der Waals surface area contributed by atoms with E-state index in [2.05, 4.69) is 0 Å². The summed E-state index contributed by atoms with van der Waals surface area (Å²) in [6, 6.07) is 0. The average Bonchev–Trinajstić information content (AvgIpc) is 2.37. The Morgan fingerprint density at radius 2 is 1.88 bits per heavy atom. The van der Waals surface area contributed by atoms with Crippen LogP contribution >= 0.6 is 0 Å². The van der Waals surface area contributed by atoms with Gasteiger partial charge in [0.05, 0.1) is 0 Å². The third-order valence-corrected chi connectivity index (χ3v) is 1.44. The maximum atomic E-state index is 12.2. The topological polar surface area (TPSA) is 9.26 Å². The van der Waals surface area contributed by atoms with Gasteiger partial charge in [-0.2, -0.15) is 5.01 Å². The lowest BCUT2D eigenvalue weighted by Crippen LogP contribution is -2.50. The number of nitrogens with zero attached hydrogens (tertiary/aromatic N) is 3. The van der Waals surface area contributed by atoms with Crippen LogP contribution in [0.15, 0.2) is 0 Å². The predicted octanol–water partition coefficient (Wildman–Crippen LogP) is -0.114. The maximum Gasteiger partial charge on any atom is 0.253 e. The zero-order valence-corrected chi connectivity index (χ0v) is 4.25. The van der Waals surface area contributed by atoms with Crippen molar-refractivity contribution in [2.24, 2.45) is 0 Å². The molecule has 2 aliphatic rings. The van der Waals surface area contributed by atoms with E-state index in [1.54, 1.807) is 0 Å². The van der Waals surface area contributed by atoms with E-state index < -0.39 is 12.8 Å². The van der Waals surface area contributed by atoms with E-state index in [4.69, 9.17) is 0 Å². The molecule has 0 bridgehead atoms. The van der Waals surface area contributed by atoms with Crippen LogP contribution < -0.4 is 0 Å². The molecule has 0 radical (unpaired) electrons. The maximum absolute atomic E-state index is 12.2. The number of hydrogen-bond acceptors (Lipinski definition) is 3. The summed E-state index contributed by atoms with van der Waals surface area (Å²) in [5.74, 6) is 0. The first-order valence-electron chi connectivity index (χ1n) is 2.32. The third-order valence-electron chi connectivity index (χ3n) is 1.44. The van der Waals surface area contributed by atoms with E-state index in [-0.39, 0.29) is 0 Å². The summed E-state index contributed by atoms with van der Waals surface area (Å²) >= 11 is 0. The second kappa shape index (κ2) is 1.02. The van der Waals surface area contributed by atoms with Gasteiger partial charge in [0.15, 0.2) is 0 Å². The highest BCUT2D eigenvalue weighted by atomic mass is 19.2. The minimum absolute atomic E-state index is 1.00. The molecule has 0 aromatic heterocycles. The van der Waals surface area contributed by atoms with Crippen molar-refractivity contribution in [3.05, 3.63) is 0 Å². The van der Waals surface area contributed by atoms with E-state index >= 15 is 0 Å². The molecule has 2 fully saturated rings. The number of hydrazine groups is 2. The lowest BCUT2D eigenvalue weighted by molar-refractivity contribution is -0.222.